The second-order valence-corrected chi connectivity index (χ2v) is 7.96. The summed E-state index contributed by atoms with van der Waals surface area (Å²) in [5.41, 5.74) is 2.98. The van der Waals surface area contributed by atoms with Crippen LogP contribution in [0.3, 0.4) is 0 Å². The van der Waals surface area contributed by atoms with Gasteiger partial charge in [-0.2, -0.15) is 0 Å². The lowest BCUT2D eigenvalue weighted by atomic mass is 10.0. The van der Waals surface area contributed by atoms with E-state index in [4.69, 9.17) is 0 Å². The van der Waals surface area contributed by atoms with Crippen molar-refractivity contribution in [3.05, 3.63) is 107 Å². The van der Waals surface area contributed by atoms with Crippen molar-refractivity contribution in [3.63, 3.8) is 0 Å². The molecule has 0 saturated carbocycles. The van der Waals surface area contributed by atoms with Gasteiger partial charge in [0.1, 0.15) is 34.5 Å². The minimum absolute atomic E-state index is 0.0850. The van der Waals surface area contributed by atoms with E-state index in [1.54, 1.807) is 36.4 Å². The molecular formula is C28H24N2O6. The topological polar surface area (TPSA) is 146 Å². The third-order valence-electron chi connectivity index (χ3n) is 5.39. The summed E-state index contributed by atoms with van der Waals surface area (Å²) >= 11 is 0. The Morgan fingerprint density at radius 2 is 0.778 bits per heavy atom. The van der Waals surface area contributed by atoms with Crippen LogP contribution in [0.15, 0.2) is 94.9 Å². The summed E-state index contributed by atoms with van der Waals surface area (Å²) in [5.74, 6) is -0.292. The van der Waals surface area contributed by atoms with Gasteiger partial charge < -0.3 is 30.6 Å². The molecular weight excluding hydrogens is 460 g/mol. The van der Waals surface area contributed by atoms with Crippen molar-refractivity contribution in [1.82, 2.24) is 0 Å². The van der Waals surface area contributed by atoms with Crippen molar-refractivity contribution in [3.8, 4) is 34.5 Å². The molecule has 0 radical (unpaired) electrons. The molecule has 0 amide bonds. The van der Waals surface area contributed by atoms with Gasteiger partial charge in [-0.1, -0.05) is 0 Å². The van der Waals surface area contributed by atoms with Crippen molar-refractivity contribution in [1.29, 1.82) is 0 Å². The molecule has 4 aromatic rings. The fourth-order valence-corrected chi connectivity index (χ4v) is 3.67. The molecule has 0 fully saturated rings. The van der Waals surface area contributed by atoms with Crippen LogP contribution in [0.5, 0.6) is 34.5 Å². The van der Waals surface area contributed by atoms with Crippen LogP contribution in [0.4, 0.5) is 0 Å². The highest BCUT2D eigenvalue weighted by Crippen LogP contribution is 2.28. The van der Waals surface area contributed by atoms with E-state index in [0.717, 1.165) is 0 Å². The number of phenols is 6. The minimum atomic E-state index is -0.149. The molecule has 8 heteroatoms. The highest BCUT2D eigenvalue weighted by molar-refractivity contribution is 6.15. The third-order valence-corrected chi connectivity index (χ3v) is 5.39. The number of hydrogen-bond donors (Lipinski definition) is 6. The summed E-state index contributed by atoms with van der Waals surface area (Å²) in [6.45, 7) is 0.411. The minimum Gasteiger partial charge on any atom is -0.508 e. The molecule has 0 bridgehead atoms. The molecule has 0 saturated heterocycles. The number of aliphatic imine (C=N–C) groups is 2. The maximum atomic E-state index is 10.4. The van der Waals surface area contributed by atoms with Crippen molar-refractivity contribution >= 4 is 11.4 Å². The summed E-state index contributed by atoms with van der Waals surface area (Å²) in [5, 5.41) is 59.5. The van der Waals surface area contributed by atoms with E-state index < -0.39 is 0 Å². The van der Waals surface area contributed by atoms with E-state index in [2.05, 4.69) is 9.98 Å². The van der Waals surface area contributed by atoms with Gasteiger partial charge in [-0.3, -0.25) is 9.98 Å². The first-order valence-corrected chi connectivity index (χ1v) is 11.0. The zero-order chi connectivity index (χ0) is 25.7. The van der Waals surface area contributed by atoms with Gasteiger partial charge in [0.2, 0.25) is 0 Å². The lowest BCUT2D eigenvalue weighted by Gasteiger charge is -2.11. The second kappa shape index (κ2) is 10.5. The first-order chi connectivity index (χ1) is 17.3. The standard InChI is InChI=1S/C28H24N2O6/c31-19-5-1-17(2-6-19)27(23-11-9-21(33)15-25(23)35)29-13-14-30-28(18-3-7-20(32)8-4-18)24-12-10-22(34)16-26(24)36/h1-12,15-16,31-36H,13-14H2. The molecule has 36 heavy (non-hydrogen) atoms. The van der Waals surface area contributed by atoms with Gasteiger partial charge in [-0.15, -0.1) is 0 Å². The van der Waals surface area contributed by atoms with Gasteiger partial charge in [0, 0.05) is 34.4 Å². The maximum absolute atomic E-state index is 10.4. The fraction of sp³-hybridized carbons (Fsp3) is 0.0714. The molecule has 0 aliphatic carbocycles. The monoisotopic (exact) mass is 484 g/mol. The Labute approximate surface area is 207 Å². The Balaban J connectivity index is 1.69. The van der Waals surface area contributed by atoms with Gasteiger partial charge in [0.05, 0.1) is 24.5 Å². The third kappa shape index (κ3) is 5.56. The predicted octanol–water partition coefficient (Wildman–Crippen LogP) is 4.30. The highest BCUT2D eigenvalue weighted by Gasteiger charge is 2.14. The number of phenolic OH excluding ortho intramolecular Hbond substituents is 6. The Bertz CT molecular complexity index is 1320. The van der Waals surface area contributed by atoms with Crippen LogP contribution in [0.25, 0.3) is 0 Å². The van der Waals surface area contributed by atoms with Crippen molar-refractivity contribution in [2.75, 3.05) is 13.1 Å². The Hall–Kier alpha value is -4.98. The number of hydrogen-bond acceptors (Lipinski definition) is 8. The number of aromatic hydroxyl groups is 6. The van der Waals surface area contributed by atoms with E-state index in [0.29, 0.717) is 33.7 Å². The van der Waals surface area contributed by atoms with Gasteiger partial charge >= 0.3 is 0 Å². The molecule has 0 atom stereocenters. The predicted molar refractivity (Wildman–Crippen MR) is 137 cm³/mol. The number of benzene rings is 4. The van der Waals surface area contributed by atoms with Crippen LogP contribution in [-0.4, -0.2) is 55.2 Å². The van der Waals surface area contributed by atoms with Crippen molar-refractivity contribution in [2.45, 2.75) is 0 Å². The molecule has 0 heterocycles. The van der Waals surface area contributed by atoms with E-state index in [-0.39, 0.29) is 47.6 Å². The Morgan fingerprint density at radius 3 is 1.11 bits per heavy atom. The number of nitrogens with zero attached hydrogens (tertiary/aromatic N) is 2. The molecule has 8 nitrogen and oxygen atoms in total. The second-order valence-electron chi connectivity index (χ2n) is 7.96. The molecule has 0 aliphatic heterocycles. The van der Waals surface area contributed by atoms with E-state index >= 15 is 0 Å². The number of rotatable bonds is 7. The molecule has 4 rings (SSSR count). The fourth-order valence-electron chi connectivity index (χ4n) is 3.67. The summed E-state index contributed by atoms with van der Waals surface area (Å²) in [6, 6.07) is 21.1. The molecule has 0 aliphatic rings. The largest absolute Gasteiger partial charge is 0.508 e. The van der Waals surface area contributed by atoms with Crippen molar-refractivity contribution in [2.24, 2.45) is 9.98 Å². The average molecular weight is 485 g/mol. The lowest BCUT2D eigenvalue weighted by molar-refractivity contribution is 0.448. The van der Waals surface area contributed by atoms with Crippen LogP contribution >= 0.6 is 0 Å². The quantitative estimate of drug-likeness (QED) is 0.170. The average Bonchev–Trinajstić information content (AvgIpc) is 2.84. The van der Waals surface area contributed by atoms with Crippen LogP contribution in [-0.2, 0) is 0 Å². The van der Waals surface area contributed by atoms with Gasteiger partial charge in [-0.05, 0) is 72.8 Å². The molecule has 182 valence electrons. The first kappa shape index (κ1) is 24.2. The smallest absolute Gasteiger partial charge is 0.128 e. The van der Waals surface area contributed by atoms with Gasteiger partial charge in [0.15, 0.2) is 0 Å². The molecule has 0 unspecified atom stereocenters. The Kier molecular flexibility index (Phi) is 7.06. The van der Waals surface area contributed by atoms with Crippen LogP contribution < -0.4 is 0 Å². The van der Waals surface area contributed by atoms with E-state index in [1.165, 1.54) is 48.5 Å². The Morgan fingerprint density at radius 1 is 0.444 bits per heavy atom. The van der Waals surface area contributed by atoms with Crippen LogP contribution in [0.2, 0.25) is 0 Å². The molecule has 4 aromatic carbocycles. The highest BCUT2D eigenvalue weighted by atomic mass is 16.3. The van der Waals surface area contributed by atoms with Gasteiger partial charge in [0.25, 0.3) is 0 Å². The summed E-state index contributed by atoms with van der Waals surface area (Å²) < 4.78 is 0. The van der Waals surface area contributed by atoms with Gasteiger partial charge in [-0.25, -0.2) is 0 Å². The van der Waals surface area contributed by atoms with E-state index in [1.807, 2.05) is 0 Å². The van der Waals surface area contributed by atoms with Crippen LogP contribution in [0.1, 0.15) is 22.3 Å². The lowest BCUT2D eigenvalue weighted by Crippen LogP contribution is -2.08. The van der Waals surface area contributed by atoms with Crippen LogP contribution in [0, 0.1) is 0 Å². The summed E-state index contributed by atoms with van der Waals surface area (Å²) in [6.07, 6.45) is 0. The van der Waals surface area contributed by atoms with E-state index in [9.17, 15) is 30.6 Å². The zero-order valence-corrected chi connectivity index (χ0v) is 19.1. The maximum Gasteiger partial charge on any atom is 0.128 e. The molecule has 0 aromatic heterocycles. The SMILES string of the molecule is Oc1ccc(C(=NCCN=C(c2ccc(O)cc2)c2ccc(O)cc2O)c2ccc(O)cc2O)cc1. The molecule has 6 N–H and O–H groups in total. The van der Waals surface area contributed by atoms with Crippen molar-refractivity contribution < 1.29 is 30.6 Å². The zero-order valence-electron chi connectivity index (χ0n) is 19.1. The summed E-state index contributed by atoms with van der Waals surface area (Å²) in [4.78, 5) is 9.28. The summed E-state index contributed by atoms with van der Waals surface area (Å²) in [7, 11) is 0. The normalized spacial score (nSPS) is 12.0. The molecule has 0 spiro atoms. The first-order valence-electron chi connectivity index (χ1n) is 11.0.